The van der Waals surface area contributed by atoms with Gasteiger partial charge in [0.05, 0.1) is 18.4 Å². The number of hydrogen-bond acceptors (Lipinski definition) is 15. The molecule has 350 valence electrons. The minimum absolute atomic E-state index is 0.0887. The molecule has 0 aliphatic carbocycles. The van der Waals surface area contributed by atoms with Crippen molar-refractivity contribution in [2.24, 2.45) is 0 Å². The Morgan fingerprint density at radius 2 is 1.69 bits per heavy atom. The van der Waals surface area contributed by atoms with Gasteiger partial charge in [-0.3, -0.25) is 14.4 Å². The van der Waals surface area contributed by atoms with Crippen LogP contribution >= 0.6 is 11.6 Å². The van der Waals surface area contributed by atoms with E-state index in [4.69, 9.17) is 35.3 Å². The minimum Gasteiger partial charge on any atom is -0.477 e. The largest absolute Gasteiger partial charge is 0.477 e. The highest BCUT2D eigenvalue weighted by molar-refractivity contribution is 6.19. The number of aromatic nitrogens is 1. The first kappa shape index (κ1) is 47.3. The van der Waals surface area contributed by atoms with E-state index in [0.29, 0.717) is 33.1 Å². The number of carboxylic acids is 1. The number of halogens is 1. The van der Waals surface area contributed by atoms with E-state index in [1.54, 1.807) is 75.4 Å². The van der Waals surface area contributed by atoms with Crippen LogP contribution in [0.2, 0.25) is 0 Å². The topological polar surface area (TPSA) is 308 Å². The van der Waals surface area contributed by atoms with Crippen LogP contribution in [0.3, 0.4) is 0 Å². The summed E-state index contributed by atoms with van der Waals surface area (Å²) in [4.78, 5) is 67.6. The number of nitrogens with zero attached hydrogens (tertiary/aromatic N) is 1. The van der Waals surface area contributed by atoms with Crippen molar-refractivity contribution in [3.63, 3.8) is 0 Å². The van der Waals surface area contributed by atoms with Crippen LogP contribution < -0.4 is 25.6 Å². The van der Waals surface area contributed by atoms with Gasteiger partial charge in [-0.05, 0) is 56.0 Å². The number of hydrogen-bond donors (Lipinski definition) is 10. The van der Waals surface area contributed by atoms with Crippen LogP contribution in [-0.2, 0) is 33.3 Å². The summed E-state index contributed by atoms with van der Waals surface area (Å²) in [6.07, 6.45) is -14.1. The summed E-state index contributed by atoms with van der Waals surface area (Å²) in [6.45, 7) is 5.23. The quantitative estimate of drug-likeness (QED) is 0.0897. The molecule has 0 spiro atoms. The van der Waals surface area contributed by atoms with Crippen LogP contribution in [0.15, 0.2) is 54.6 Å². The summed E-state index contributed by atoms with van der Waals surface area (Å²) in [7, 11) is 0. The monoisotopic (exact) mass is 927 g/mol. The van der Waals surface area contributed by atoms with Crippen LogP contribution in [0.5, 0.6) is 5.75 Å². The molecule has 3 aliphatic heterocycles. The van der Waals surface area contributed by atoms with Crippen molar-refractivity contribution < 1.29 is 78.3 Å². The number of nitrogens with one attached hydrogen (secondary N) is 4. The van der Waals surface area contributed by atoms with E-state index < -0.39 is 103 Å². The van der Waals surface area contributed by atoms with Crippen LogP contribution in [0.25, 0.3) is 21.7 Å². The average molecular weight is 928 g/mol. The number of aliphatic carboxylic acids is 1. The number of alkyl carbamates (subject to hydrolysis) is 1. The number of aliphatic hydroxyl groups excluding tert-OH is 5. The predicted octanol–water partition coefficient (Wildman–Crippen LogP) is 1.36. The molecule has 7 rings (SSSR count). The van der Waals surface area contributed by atoms with E-state index in [2.05, 4.69) is 20.9 Å². The van der Waals surface area contributed by atoms with E-state index in [0.717, 1.165) is 12.5 Å². The molecule has 0 saturated carbocycles. The van der Waals surface area contributed by atoms with Gasteiger partial charge in [0.25, 0.3) is 11.7 Å². The molecule has 0 bridgehead atoms. The maximum Gasteiger partial charge on any atom is 0.408 e. The van der Waals surface area contributed by atoms with Crippen molar-refractivity contribution >= 4 is 74.4 Å². The molecule has 4 aromatic rings. The number of amides is 4. The third-order valence-corrected chi connectivity index (χ3v) is 11.5. The summed E-state index contributed by atoms with van der Waals surface area (Å²) in [5.74, 6) is -6.13. The minimum atomic E-state index is -2.69. The Labute approximate surface area is 375 Å². The van der Waals surface area contributed by atoms with Gasteiger partial charge in [-0.25, -0.2) is 9.59 Å². The maximum absolute atomic E-state index is 14.4. The van der Waals surface area contributed by atoms with Crippen molar-refractivity contribution in [3.8, 4) is 5.75 Å². The van der Waals surface area contributed by atoms with E-state index in [1.165, 1.54) is 4.90 Å². The zero-order chi connectivity index (χ0) is 47.1. The van der Waals surface area contributed by atoms with E-state index in [-0.39, 0.29) is 36.3 Å². The number of aliphatic hydroxyl groups is 5. The normalized spacial score (nSPS) is 27.8. The summed E-state index contributed by atoms with van der Waals surface area (Å²) < 4.78 is 28.1. The standard InChI is InChI=1S/C43H50ClN5O16/c1-19(50)46-33-28(51)14-43(40(58)59,64-38(33)57)61-18-30-34(53)35(54)36(55)39(63-30)62-29-13-27-32(24-8-6-5-7-23(24)29)21(15-44)17-49(27)37(56)26-12-20-11-22(9-10-25(20)48-26)47-31(52)16-45-41(60)65-42(2,3)4/h5-13,21,28,30,33-36,38-39,48,51,53-55,57H,14-18H2,1-4H3,(H,45,60)(H,46,50)(H,47,52)(H,58,59). The summed E-state index contributed by atoms with van der Waals surface area (Å²) >= 11 is 6.51. The Morgan fingerprint density at radius 3 is 2.35 bits per heavy atom. The van der Waals surface area contributed by atoms with Crippen molar-refractivity contribution in [2.45, 2.75) is 101 Å². The second-order valence-corrected chi connectivity index (χ2v) is 17.3. The third kappa shape index (κ3) is 9.98. The molecule has 1 aromatic heterocycles. The fourth-order valence-corrected chi connectivity index (χ4v) is 8.32. The average Bonchev–Trinajstić information content (AvgIpc) is 3.84. The molecule has 4 amide bonds. The lowest BCUT2D eigenvalue weighted by Gasteiger charge is -2.44. The highest BCUT2D eigenvalue weighted by atomic mass is 35.5. The molecular formula is C43H50ClN5O16. The highest BCUT2D eigenvalue weighted by Crippen LogP contribution is 2.47. The van der Waals surface area contributed by atoms with Gasteiger partial charge in [0.1, 0.15) is 54.0 Å². The van der Waals surface area contributed by atoms with Gasteiger partial charge in [-0.1, -0.05) is 24.3 Å². The molecule has 22 heteroatoms. The lowest BCUT2D eigenvalue weighted by molar-refractivity contribution is -0.347. The lowest BCUT2D eigenvalue weighted by atomic mass is 9.95. The van der Waals surface area contributed by atoms with Crippen LogP contribution in [0, 0.1) is 0 Å². The number of carboxylic acid groups (broad SMARTS) is 1. The molecule has 10 N–H and O–H groups in total. The molecule has 21 nitrogen and oxygen atoms in total. The lowest BCUT2D eigenvalue weighted by Crippen LogP contribution is -2.65. The number of rotatable bonds is 12. The maximum atomic E-state index is 14.4. The van der Waals surface area contributed by atoms with Crippen LogP contribution in [0.4, 0.5) is 16.2 Å². The van der Waals surface area contributed by atoms with Crippen molar-refractivity contribution in [2.75, 3.05) is 35.8 Å². The Kier molecular flexibility index (Phi) is 13.6. The van der Waals surface area contributed by atoms with Crippen molar-refractivity contribution in [1.29, 1.82) is 0 Å². The van der Waals surface area contributed by atoms with Gasteiger partial charge < -0.3 is 80.2 Å². The zero-order valence-corrected chi connectivity index (χ0v) is 36.3. The third-order valence-electron chi connectivity index (χ3n) is 11.1. The van der Waals surface area contributed by atoms with Gasteiger partial charge in [0.2, 0.25) is 18.1 Å². The van der Waals surface area contributed by atoms with Gasteiger partial charge in [0.15, 0.2) is 6.29 Å². The van der Waals surface area contributed by atoms with E-state index in [9.17, 15) is 54.6 Å². The number of anilines is 2. The SMILES string of the molecule is CC(=O)NC1C(O)CC(OCC2OC(Oc3cc4c(c5ccccc35)C(CCl)CN4C(=O)c3cc4cc(NC(=O)CNC(=O)OC(C)(C)C)ccc4[nH]3)C(O)C(O)C2O)(C(=O)O)OC1O. The second kappa shape index (κ2) is 18.7. The fraction of sp³-hybridized carbons (Fsp3) is 0.465. The summed E-state index contributed by atoms with van der Waals surface area (Å²) in [6, 6.07) is 13.8. The number of carbonyl (C=O) groups is 5. The molecule has 2 fully saturated rings. The second-order valence-electron chi connectivity index (χ2n) is 17.0. The Morgan fingerprint density at radius 1 is 0.969 bits per heavy atom. The Balaban J connectivity index is 1.11. The molecule has 10 unspecified atom stereocenters. The van der Waals surface area contributed by atoms with Crippen molar-refractivity contribution in [1.82, 2.24) is 15.6 Å². The molecule has 0 radical (unpaired) electrons. The van der Waals surface area contributed by atoms with Gasteiger partial charge >= 0.3 is 12.1 Å². The smallest absolute Gasteiger partial charge is 0.408 e. The fourth-order valence-electron chi connectivity index (χ4n) is 8.07. The number of alkyl halides is 1. The molecular weight excluding hydrogens is 878 g/mol. The molecule has 2 saturated heterocycles. The molecule has 3 aromatic carbocycles. The van der Waals surface area contributed by atoms with Crippen molar-refractivity contribution in [3.05, 3.63) is 65.9 Å². The Hall–Kier alpha value is -5.62. The van der Waals surface area contributed by atoms with Crippen LogP contribution in [0.1, 0.15) is 56.1 Å². The van der Waals surface area contributed by atoms with E-state index in [1.807, 2.05) is 0 Å². The van der Waals surface area contributed by atoms with Gasteiger partial charge in [-0.15, -0.1) is 11.6 Å². The van der Waals surface area contributed by atoms with Gasteiger partial charge in [0, 0.05) is 59.7 Å². The molecule has 10 atom stereocenters. The van der Waals surface area contributed by atoms with Gasteiger partial charge in [-0.2, -0.15) is 0 Å². The molecule has 65 heavy (non-hydrogen) atoms. The zero-order valence-electron chi connectivity index (χ0n) is 35.5. The first-order chi connectivity index (χ1) is 30.7. The Bertz CT molecular complexity index is 2470. The number of ether oxygens (including phenoxy) is 5. The van der Waals surface area contributed by atoms with Crippen LogP contribution in [-0.4, -0.2) is 152 Å². The van der Waals surface area contributed by atoms with E-state index >= 15 is 0 Å². The highest BCUT2D eigenvalue weighted by Gasteiger charge is 2.55. The first-order valence-electron chi connectivity index (χ1n) is 20.6. The molecule has 3 aliphatic rings. The predicted molar refractivity (Wildman–Crippen MR) is 229 cm³/mol. The number of benzene rings is 3. The number of fused-ring (bicyclic) bond motifs is 4. The number of carbonyl (C=O) groups excluding carboxylic acids is 4. The molecule has 4 heterocycles. The summed E-state index contributed by atoms with van der Waals surface area (Å²) in [5, 5.41) is 73.3. The summed E-state index contributed by atoms with van der Waals surface area (Å²) in [5.41, 5.74) is 1.60. The number of aromatic amines is 1. The first-order valence-corrected chi connectivity index (χ1v) is 21.1. The number of H-pyrrole nitrogens is 1.